The Bertz CT molecular complexity index is 1070. The van der Waals surface area contributed by atoms with Gasteiger partial charge in [-0.05, 0) is 49.0 Å². The number of nitrogens with one attached hydrogen (secondary N) is 1. The zero-order chi connectivity index (χ0) is 21.0. The molecule has 1 aromatic heterocycles. The average Bonchev–Trinajstić information content (AvgIpc) is 3.15. The second-order valence-electron chi connectivity index (χ2n) is 7.86. The van der Waals surface area contributed by atoms with Crippen LogP contribution >= 0.6 is 11.8 Å². The summed E-state index contributed by atoms with van der Waals surface area (Å²) in [5, 5.41) is 1.02. The number of fused-ring (bicyclic) bond motifs is 1. The largest absolute Gasteiger partial charge is 0.380 e. The number of hydrogen-bond acceptors (Lipinski definition) is 5. The first kappa shape index (κ1) is 21.3. The number of likely N-dealkylation sites (tertiary alicyclic amines) is 1. The van der Waals surface area contributed by atoms with E-state index in [9.17, 15) is 8.42 Å². The van der Waals surface area contributed by atoms with Crippen LogP contribution in [0, 0.1) is 0 Å². The standard InChI is InChI=1S/C23H28N2O3S2/c1-30(26,27)28-22-9-5-8-21-20(16-24-23(21)22)17-29-15-14-25-12-10-19(11-13-25)18-6-3-2-4-7-18/h2-9,16,19,24H,10-15,17H2,1H3. The Morgan fingerprint density at radius 1 is 1.10 bits per heavy atom. The first-order valence-corrected chi connectivity index (χ1v) is 13.3. The summed E-state index contributed by atoms with van der Waals surface area (Å²) >= 11 is 1.91. The first-order chi connectivity index (χ1) is 14.5. The highest BCUT2D eigenvalue weighted by Crippen LogP contribution is 2.31. The number of H-pyrrole nitrogens is 1. The van der Waals surface area contributed by atoms with E-state index in [4.69, 9.17) is 4.18 Å². The molecule has 0 spiro atoms. The van der Waals surface area contributed by atoms with Gasteiger partial charge in [-0.15, -0.1) is 0 Å². The quantitative estimate of drug-likeness (QED) is 0.406. The molecule has 3 aromatic rings. The lowest BCUT2D eigenvalue weighted by Gasteiger charge is -2.32. The minimum atomic E-state index is -3.55. The molecule has 0 amide bonds. The van der Waals surface area contributed by atoms with Crippen LogP contribution in [0.5, 0.6) is 5.75 Å². The van der Waals surface area contributed by atoms with Gasteiger partial charge >= 0.3 is 10.1 Å². The number of rotatable bonds is 8. The molecule has 0 atom stereocenters. The molecule has 160 valence electrons. The lowest BCUT2D eigenvalue weighted by molar-refractivity contribution is 0.224. The SMILES string of the molecule is CS(=O)(=O)Oc1cccc2c(CSCCN3CCC(c4ccccc4)CC3)c[nH]c12. The molecule has 1 saturated heterocycles. The van der Waals surface area contributed by atoms with Crippen molar-refractivity contribution in [2.75, 3.05) is 31.6 Å². The van der Waals surface area contributed by atoms with E-state index in [-0.39, 0.29) is 0 Å². The van der Waals surface area contributed by atoms with Crippen LogP contribution in [0.4, 0.5) is 0 Å². The van der Waals surface area contributed by atoms with Crippen LogP contribution in [-0.4, -0.2) is 49.9 Å². The number of aromatic nitrogens is 1. The normalized spacial score (nSPS) is 16.2. The second kappa shape index (κ2) is 9.45. The van der Waals surface area contributed by atoms with Crippen LogP contribution in [0.3, 0.4) is 0 Å². The summed E-state index contributed by atoms with van der Waals surface area (Å²) in [6.07, 6.45) is 5.49. The molecule has 0 radical (unpaired) electrons. The molecule has 2 aromatic carbocycles. The molecule has 0 unspecified atom stereocenters. The van der Waals surface area contributed by atoms with Gasteiger partial charge in [0.05, 0.1) is 11.8 Å². The molecule has 1 aliphatic heterocycles. The third kappa shape index (κ3) is 5.39. The van der Waals surface area contributed by atoms with E-state index in [1.807, 2.05) is 30.1 Å². The Kier molecular flexibility index (Phi) is 6.71. The van der Waals surface area contributed by atoms with Crippen LogP contribution in [0.1, 0.15) is 29.9 Å². The van der Waals surface area contributed by atoms with Crippen molar-refractivity contribution in [3.05, 3.63) is 65.9 Å². The second-order valence-corrected chi connectivity index (χ2v) is 10.5. The lowest BCUT2D eigenvalue weighted by Crippen LogP contribution is -2.34. The fourth-order valence-corrected chi connectivity index (χ4v) is 5.58. The van der Waals surface area contributed by atoms with Gasteiger partial charge in [-0.3, -0.25) is 0 Å². The van der Waals surface area contributed by atoms with Crippen LogP contribution < -0.4 is 4.18 Å². The molecule has 4 rings (SSSR count). The maximum absolute atomic E-state index is 11.5. The third-order valence-electron chi connectivity index (χ3n) is 5.67. The van der Waals surface area contributed by atoms with Crippen molar-refractivity contribution in [2.45, 2.75) is 24.5 Å². The van der Waals surface area contributed by atoms with Crippen LogP contribution in [0.25, 0.3) is 10.9 Å². The number of piperidine rings is 1. The van der Waals surface area contributed by atoms with Crippen molar-refractivity contribution in [1.29, 1.82) is 0 Å². The third-order valence-corrected chi connectivity index (χ3v) is 7.14. The van der Waals surface area contributed by atoms with Crippen molar-refractivity contribution in [3.63, 3.8) is 0 Å². The van der Waals surface area contributed by atoms with Gasteiger partial charge in [-0.1, -0.05) is 42.5 Å². The van der Waals surface area contributed by atoms with E-state index in [2.05, 4.69) is 40.2 Å². The van der Waals surface area contributed by atoms with Gasteiger partial charge in [-0.25, -0.2) is 0 Å². The molecular weight excluding hydrogens is 416 g/mol. The van der Waals surface area contributed by atoms with E-state index in [0.717, 1.165) is 35.2 Å². The average molecular weight is 445 g/mol. The van der Waals surface area contributed by atoms with Gasteiger partial charge < -0.3 is 14.1 Å². The Morgan fingerprint density at radius 3 is 2.60 bits per heavy atom. The molecule has 5 nitrogen and oxygen atoms in total. The zero-order valence-corrected chi connectivity index (χ0v) is 18.8. The van der Waals surface area contributed by atoms with Gasteiger partial charge in [0.1, 0.15) is 0 Å². The van der Waals surface area contributed by atoms with Crippen molar-refractivity contribution in [3.8, 4) is 5.75 Å². The van der Waals surface area contributed by atoms with Crippen molar-refractivity contribution in [1.82, 2.24) is 9.88 Å². The highest BCUT2D eigenvalue weighted by atomic mass is 32.2. The summed E-state index contributed by atoms with van der Waals surface area (Å²) < 4.78 is 28.0. The minimum absolute atomic E-state index is 0.354. The topological polar surface area (TPSA) is 62.4 Å². The van der Waals surface area contributed by atoms with E-state index < -0.39 is 10.1 Å². The van der Waals surface area contributed by atoms with Crippen molar-refractivity contribution < 1.29 is 12.6 Å². The molecular formula is C23H28N2O3S2. The summed E-state index contributed by atoms with van der Waals surface area (Å²) in [6.45, 7) is 3.44. The molecule has 30 heavy (non-hydrogen) atoms. The van der Waals surface area contributed by atoms with E-state index in [1.54, 1.807) is 6.07 Å². The number of para-hydroxylation sites is 1. The molecule has 0 bridgehead atoms. The van der Waals surface area contributed by atoms with E-state index in [1.165, 1.54) is 37.1 Å². The Hall–Kier alpha value is -1.96. The molecule has 2 heterocycles. The predicted molar refractivity (Wildman–Crippen MR) is 125 cm³/mol. The summed E-state index contributed by atoms with van der Waals surface area (Å²) in [4.78, 5) is 5.75. The summed E-state index contributed by atoms with van der Waals surface area (Å²) in [6, 6.07) is 16.4. The molecule has 0 aliphatic carbocycles. The smallest absolute Gasteiger partial charge is 0.306 e. The van der Waals surface area contributed by atoms with Crippen molar-refractivity contribution >= 4 is 32.8 Å². The number of hydrogen-bond donors (Lipinski definition) is 1. The van der Waals surface area contributed by atoms with Gasteiger partial charge in [0.25, 0.3) is 0 Å². The van der Waals surface area contributed by atoms with Crippen LogP contribution in [-0.2, 0) is 15.9 Å². The lowest BCUT2D eigenvalue weighted by atomic mass is 9.89. The van der Waals surface area contributed by atoms with Crippen LogP contribution in [0.2, 0.25) is 0 Å². The van der Waals surface area contributed by atoms with Gasteiger partial charge in [0.2, 0.25) is 0 Å². The molecule has 7 heteroatoms. The highest BCUT2D eigenvalue weighted by Gasteiger charge is 2.20. The molecule has 1 N–H and O–H groups in total. The minimum Gasteiger partial charge on any atom is -0.380 e. The summed E-state index contributed by atoms with van der Waals surface area (Å²) in [7, 11) is -3.55. The zero-order valence-electron chi connectivity index (χ0n) is 17.2. The number of aromatic amines is 1. The Labute approximate surface area is 182 Å². The fraction of sp³-hybridized carbons (Fsp3) is 0.391. The summed E-state index contributed by atoms with van der Waals surface area (Å²) in [5.74, 6) is 3.03. The maximum Gasteiger partial charge on any atom is 0.306 e. The monoisotopic (exact) mass is 444 g/mol. The van der Waals surface area contributed by atoms with E-state index in [0.29, 0.717) is 11.7 Å². The van der Waals surface area contributed by atoms with Gasteiger partial charge in [0, 0.05) is 29.6 Å². The van der Waals surface area contributed by atoms with Gasteiger partial charge in [-0.2, -0.15) is 20.2 Å². The molecule has 0 saturated carbocycles. The summed E-state index contributed by atoms with van der Waals surface area (Å²) in [5.41, 5.74) is 3.39. The van der Waals surface area contributed by atoms with Gasteiger partial charge in [0.15, 0.2) is 5.75 Å². The highest BCUT2D eigenvalue weighted by molar-refractivity contribution is 7.98. The maximum atomic E-state index is 11.5. The first-order valence-electron chi connectivity index (χ1n) is 10.3. The Morgan fingerprint density at radius 2 is 1.87 bits per heavy atom. The number of nitrogens with zero attached hydrogens (tertiary/aromatic N) is 1. The fourth-order valence-electron chi connectivity index (χ4n) is 4.13. The molecule has 1 fully saturated rings. The molecule has 1 aliphatic rings. The number of benzene rings is 2. The Balaban J connectivity index is 1.25. The number of thioether (sulfide) groups is 1. The van der Waals surface area contributed by atoms with E-state index >= 15 is 0 Å². The predicted octanol–water partition coefficient (Wildman–Crippen LogP) is 4.62. The van der Waals surface area contributed by atoms with Crippen LogP contribution in [0.15, 0.2) is 54.7 Å². The van der Waals surface area contributed by atoms with Crippen molar-refractivity contribution in [2.24, 2.45) is 0 Å².